The summed E-state index contributed by atoms with van der Waals surface area (Å²) in [5, 5.41) is 0. The Labute approximate surface area is 106 Å². The summed E-state index contributed by atoms with van der Waals surface area (Å²) in [4.78, 5) is 0. The zero-order valence-corrected chi connectivity index (χ0v) is 11.6. The molecular formula is C11H15ClO4S. The van der Waals surface area contributed by atoms with Crippen molar-refractivity contribution in [3.8, 4) is 11.5 Å². The summed E-state index contributed by atoms with van der Waals surface area (Å²) < 4.78 is 32.7. The van der Waals surface area contributed by atoms with Crippen LogP contribution in [-0.4, -0.2) is 22.6 Å². The van der Waals surface area contributed by atoms with E-state index < -0.39 is 9.05 Å². The highest BCUT2D eigenvalue weighted by Crippen LogP contribution is 2.35. The molecule has 1 aromatic carbocycles. The molecule has 0 heterocycles. The minimum absolute atomic E-state index is 0.266. The van der Waals surface area contributed by atoms with E-state index in [0.717, 1.165) is 5.56 Å². The first-order valence-corrected chi connectivity index (χ1v) is 7.55. The largest absolute Gasteiger partial charge is 0.493 e. The highest BCUT2D eigenvalue weighted by molar-refractivity contribution is 8.13. The van der Waals surface area contributed by atoms with Gasteiger partial charge in [-0.15, -0.1) is 0 Å². The van der Waals surface area contributed by atoms with Crippen molar-refractivity contribution in [2.45, 2.75) is 19.1 Å². The van der Waals surface area contributed by atoms with E-state index >= 15 is 0 Å². The Morgan fingerprint density at radius 1 is 1.24 bits per heavy atom. The van der Waals surface area contributed by atoms with Crippen molar-refractivity contribution in [1.82, 2.24) is 0 Å². The Morgan fingerprint density at radius 2 is 1.88 bits per heavy atom. The second kappa shape index (κ2) is 5.60. The molecule has 0 saturated heterocycles. The van der Waals surface area contributed by atoms with Crippen LogP contribution in [0.1, 0.15) is 18.1 Å². The van der Waals surface area contributed by atoms with Crippen LogP contribution in [0.25, 0.3) is 0 Å². The molecule has 0 N–H and O–H groups in total. The number of halogens is 1. The summed E-state index contributed by atoms with van der Waals surface area (Å²) in [5.74, 6) is 0.661. The molecule has 0 aliphatic carbocycles. The highest BCUT2D eigenvalue weighted by Gasteiger charge is 2.19. The lowest BCUT2D eigenvalue weighted by molar-refractivity contribution is 0.352. The maximum Gasteiger partial charge on any atom is 0.236 e. The predicted octanol–water partition coefficient (Wildman–Crippen LogP) is 2.33. The lowest BCUT2D eigenvalue weighted by atomic mass is 10.0. The molecule has 17 heavy (non-hydrogen) atoms. The molecule has 0 bridgehead atoms. The average Bonchev–Trinajstić information content (AvgIpc) is 2.26. The lowest BCUT2D eigenvalue weighted by Crippen LogP contribution is -2.04. The van der Waals surface area contributed by atoms with Gasteiger partial charge in [0.2, 0.25) is 9.05 Å². The van der Waals surface area contributed by atoms with E-state index in [9.17, 15) is 8.42 Å². The van der Waals surface area contributed by atoms with Gasteiger partial charge in [-0.1, -0.05) is 13.0 Å². The van der Waals surface area contributed by atoms with Gasteiger partial charge in [-0.25, -0.2) is 8.42 Å². The number of benzene rings is 1. The molecule has 0 aliphatic heterocycles. The molecule has 0 radical (unpaired) electrons. The third-order valence-corrected chi connectivity index (χ3v) is 3.40. The number of methoxy groups -OCH3 is 2. The zero-order valence-electron chi connectivity index (χ0n) is 9.99. The fourth-order valence-electron chi connectivity index (χ4n) is 1.69. The summed E-state index contributed by atoms with van der Waals surface area (Å²) in [6.07, 6.45) is 0.697. The minimum atomic E-state index is -3.63. The standard InChI is InChI=1S/C11H15ClO4S/c1-4-8-5-6-10(15-2)11(16-3)9(8)7-17(12,13)14/h5-6H,4,7H2,1-3H3. The van der Waals surface area contributed by atoms with Crippen LogP contribution in [0, 0.1) is 0 Å². The molecule has 0 fully saturated rings. The van der Waals surface area contributed by atoms with Crippen molar-refractivity contribution in [3.63, 3.8) is 0 Å². The quantitative estimate of drug-likeness (QED) is 0.776. The van der Waals surface area contributed by atoms with Crippen LogP contribution in [0.4, 0.5) is 0 Å². The highest BCUT2D eigenvalue weighted by atomic mass is 35.7. The fourth-order valence-corrected chi connectivity index (χ4v) is 2.68. The van der Waals surface area contributed by atoms with E-state index in [-0.39, 0.29) is 5.75 Å². The molecule has 0 aromatic heterocycles. The number of hydrogen-bond donors (Lipinski definition) is 0. The van der Waals surface area contributed by atoms with Gasteiger partial charge in [0, 0.05) is 16.2 Å². The number of ether oxygens (including phenoxy) is 2. The maximum absolute atomic E-state index is 11.2. The van der Waals surface area contributed by atoms with Crippen LogP contribution in [0.5, 0.6) is 11.5 Å². The van der Waals surface area contributed by atoms with Crippen molar-refractivity contribution < 1.29 is 17.9 Å². The molecule has 4 nitrogen and oxygen atoms in total. The van der Waals surface area contributed by atoms with Crippen molar-refractivity contribution in [2.75, 3.05) is 14.2 Å². The molecule has 0 amide bonds. The van der Waals surface area contributed by atoms with E-state index in [4.69, 9.17) is 20.2 Å². The van der Waals surface area contributed by atoms with Gasteiger partial charge in [0.05, 0.1) is 20.0 Å². The number of aryl methyl sites for hydroxylation is 1. The normalized spacial score (nSPS) is 11.3. The van der Waals surface area contributed by atoms with Gasteiger partial charge in [0.25, 0.3) is 0 Å². The Balaban J connectivity index is 3.40. The molecule has 1 aromatic rings. The van der Waals surface area contributed by atoms with Crippen molar-refractivity contribution in [2.24, 2.45) is 0 Å². The van der Waals surface area contributed by atoms with Crippen LogP contribution in [-0.2, 0) is 21.2 Å². The van der Waals surface area contributed by atoms with E-state index in [0.29, 0.717) is 23.5 Å². The third kappa shape index (κ3) is 3.51. The molecule has 0 spiro atoms. The first-order valence-electron chi connectivity index (χ1n) is 5.08. The summed E-state index contributed by atoms with van der Waals surface area (Å²) in [6, 6.07) is 3.57. The van der Waals surface area contributed by atoms with E-state index in [1.807, 2.05) is 13.0 Å². The van der Waals surface area contributed by atoms with Crippen molar-refractivity contribution in [3.05, 3.63) is 23.3 Å². The van der Waals surface area contributed by atoms with Crippen molar-refractivity contribution in [1.29, 1.82) is 0 Å². The lowest BCUT2D eigenvalue weighted by Gasteiger charge is -2.15. The minimum Gasteiger partial charge on any atom is -0.493 e. The molecule has 1 rings (SSSR count). The van der Waals surface area contributed by atoms with Gasteiger partial charge in [0.15, 0.2) is 11.5 Å². The average molecular weight is 279 g/mol. The topological polar surface area (TPSA) is 52.6 Å². The van der Waals surface area contributed by atoms with Gasteiger partial charge in [-0.05, 0) is 18.1 Å². The zero-order chi connectivity index (χ0) is 13.1. The Morgan fingerprint density at radius 3 is 2.29 bits per heavy atom. The number of hydrogen-bond acceptors (Lipinski definition) is 4. The van der Waals surface area contributed by atoms with E-state index in [1.165, 1.54) is 14.2 Å². The predicted molar refractivity (Wildman–Crippen MR) is 67.4 cm³/mol. The molecule has 0 aliphatic rings. The first kappa shape index (κ1) is 14.1. The summed E-state index contributed by atoms with van der Waals surface area (Å²) in [6.45, 7) is 1.94. The number of rotatable bonds is 5. The molecule has 0 unspecified atom stereocenters. The second-order valence-electron chi connectivity index (χ2n) is 3.48. The van der Waals surface area contributed by atoms with Gasteiger partial charge < -0.3 is 9.47 Å². The summed E-state index contributed by atoms with van der Waals surface area (Å²) >= 11 is 0. The van der Waals surface area contributed by atoms with E-state index in [1.54, 1.807) is 6.07 Å². The Kier molecular flexibility index (Phi) is 4.65. The fraction of sp³-hybridized carbons (Fsp3) is 0.455. The Hall–Kier alpha value is -0.940. The van der Waals surface area contributed by atoms with Crippen LogP contribution in [0.2, 0.25) is 0 Å². The molecule has 0 saturated carbocycles. The van der Waals surface area contributed by atoms with Crippen LogP contribution < -0.4 is 9.47 Å². The SMILES string of the molecule is CCc1ccc(OC)c(OC)c1CS(=O)(=O)Cl. The first-order chi connectivity index (χ1) is 7.92. The van der Waals surface area contributed by atoms with Crippen LogP contribution in [0.15, 0.2) is 12.1 Å². The molecule has 96 valence electrons. The summed E-state index contributed by atoms with van der Waals surface area (Å²) in [5.41, 5.74) is 1.44. The van der Waals surface area contributed by atoms with Crippen molar-refractivity contribution >= 4 is 19.7 Å². The third-order valence-electron chi connectivity index (χ3n) is 2.44. The smallest absolute Gasteiger partial charge is 0.236 e. The van der Waals surface area contributed by atoms with Gasteiger partial charge in [-0.3, -0.25) is 0 Å². The van der Waals surface area contributed by atoms with Crippen LogP contribution in [0.3, 0.4) is 0 Å². The van der Waals surface area contributed by atoms with E-state index in [2.05, 4.69) is 0 Å². The maximum atomic E-state index is 11.2. The molecular weight excluding hydrogens is 264 g/mol. The van der Waals surface area contributed by atoms with Crippen LogP contribution >= 0.6 is 10.7 Å². The van der Waals surface area contributed by atoms with Gasteiger partial charge >= 0.3 is 0 Å². The molecule has 6 heteroatoms. The Bertz CT molecular complexity index is 496. The molecule has 0 atom stereocenters. The van der Waals surface area contributed by atoms with Gasteiger partial charge in [0.1, 0.15) is 0 Å². The monoisotopic (exact) mass is 278 g/mol. The second-order valence-corrected chi connectivity index (χ2v) is 6.25. The summed E-state index contributed by atoms with van der Waals surface area (Å²) in [7, 11) is 4.64. The van der Waals surface area contributed by atoms with Gasteiger partial charge in [-0.2, -0.15) is 0 Å².